The van der Waals surface area contributed by atoms with Crippen LogP contribution in [0.25, 0.3) is 0 Å². The highest BCUT2D eigenvalue weighted by Gasteiger charge is 2.25. The second-order valence-electron chi connectivity index (χ2n) is 7.40. The number of piperidine rings is 1. The molecule has 0 aliphatic carbocycles. The summed E-state index contributed by atoms with van der Waals surface area (Å²) in [4.78, 5) is 12.6. The van der Waals surface area contributed by atoms with Crippen molar-refractivity contribution in [1.82, 2.24) is 9.62 Å². The van der Waals surface area contributed by atoms with Gasteiger partial charge in [0.05, 0.1) is 11.4 Å². The van der Waals surface area contributed by atoms with Crippen LogP contribution in [0.1, 0.15) is 29.6 Å². The van der Waals surface area contributed by atoms with E-state index >= 15 is 0 Å². The standard InChI is InChI=1S/C22H26N2O6S/c25-22(17-4-9-20-21(16-17)30-15-14-29-20)23-10-13-28-18-5-7-19(8-6-18)31(26,27)24-11-2-1-3-12-24/h4-9,16H,1-3,10-15H2,(H,23,25). The lowest BCUT2D eigenvalue weighted by Gasteiger charge is -2.25. The van der Waals surface area contributed by atoms with Crippen LogP contribution in [0.3, 0.4) is 0 Å². The third-order valence-corrected chi connectivity index (χ3v) is 7.15. The van der Waals surface area contributed by atoms with Crippen LogP contribution in [-0.4, -0.2) is 58.1 Å². The number of nitrogens with zero attached hydrogens (tertiary/aromatic N) is 1. The molecule has 1 fully saturated rings. The molecule has 166 valence electrons. The second-order valence-corrected chi connectivity index (χ2v) is 9.34. The molecule has 0 bridgehead atoms. The van der Waals surface area contributed by atoms with E-state index in [2.05, 4.69) is 5.32 Å². The van der Waals surface area contributed by atoms with Crippen molar-refractivity contribution in [2.24, 2.45) is 0 Å². The summed E-state index contributed by atoms with van der Waals surface area (Å²) in [6.45, 7) is 2.67. The number of carbonyl (C=O) groups excluding carboxylic acids is 1. The van der Waals surface area contributed by atoms with Gasteiger partial charge in [-0.05, 0) is 55.3 Å². The molecule has 2 aliphatic rings. The molecular weight excluding hydrogens is 420 g/mol. The Morgan fingerprint density at radius 3 is 2.42 bits per heavy atom. The molecule has 0 aromatic heterocycles. The monoisotopic (exact) mass is 446 g/mol. The Bertz CT molecular complexity index is 1020. The van der Waals surface area contributed by atoms with Crippen molar-refractivity contribution in [1.29, 1.82) is 0 Å². The van der Waals surface area contributed by atoms with Gasteiger partial charge in [-0.15, -0.1) is 0 Å². The summed E-state index contributed by atoms with van der Waals surface area (Å²) in [5, 5.41) is 2.79. The number of hydrogen-bond acceptors (Lipinski definition) is 6. The molecule has 31 heavy (non-hydrogen) atoms. The van der Waals surface area contributed by atoms with E-state index in [1.165, 1.54) is 0 Å². The van der Waals surface area contributed by atoms with Gasteiger partial charge in [-0.25, -0.2) is 8.42 Å². The largest absolute Gasteiger partial charge is 0.492 e. The number of benzene rings is 2. The van der Waals surface area contributed by atoms with Gasteiger partial charge < -0.3 is 19.5 Å². The summed E-state index contributed by atoms with van der Waals surface area (Å²) < 4.78 is 43.5. The third-order valence-electron chi connectivity index (χ3n) is 5.24. The lowest BCUT2D eigenvalue weighted by atomic mass is 10.2. The summed E-state index contributed by atoms with van der Waals surface area (Å²) in [5.74, 6) is 1.52. The second kappa shape index (κ2) is 9.57. The van der Waals surface area contributed by atoms with Crippen LogP contribution in [-0.2, 0) is 10.0 Å². The highest BCUT2D eigenvalue weighted by molar-refractivity contribution is 7.89. The minimum atomic E-state index is -3.45. The molecule has 1 amide bonds. The zero-order valence-electron chi connectivity index (χ0n) is 17.2. The summed E-state index contributed by atoms with van der Waals surface area (Å²) in [7, 11) is -3.45. The van der Waals surface area contributed by atoms with Crippen LogP contribution in [0.2, 0.25) is 0 Å². The van der Waals surface area contributed by atoms with Crippen LogP contribution in [0.15, 0.2) is 47.4 Å². The lowest BCUT2D eigenvalue weighted by Crippen LogP contribution is -2.35. The van der Waals surface area contributed by atoms with Crippen LogP contribution >= 0.6 is 0 Å². The molecule has 1 N–H and O–H groups in total. The number of carbonyl (C=O) groups is 1. The van der Waals surface area contributed by atoms with E-state index in [1.54, 1.807) is 46.8 Å². The highest BCUT2D eigenvalue weighted by Crippen LogP contribution is 2.30. The smallest absolute Gasteiger partial charge is 0.251 e. The zero-order valence-corrected chi connectivity index (χ0v) is 18.0. The molecule has 0 saturated carbocycles. The van der Waals surface area contributed by atoms with Gasteiger partial charge in [0.25, 0.3) is 5.91 Å². The Kier molecular flexibility index (Phi) is 6.62. The molecule has 0 radical (unpaired) electrons. The van der Waals surface area contributed by atoms with Crippen molar-refractivity contribution >= 4 is 15.9 Å². The molecule has 2 aromatic carbocycles. The number of nitrogens with one attached hydrogen (secondary N) is 1. The van der Waals surface area contributed by atoms with E-state index in [0.29, 0.717) is 55.7 Å². The first-order valence-corrected chi connectivity index (χ1v) is 11.9. The Morgan fingerprint density at radius 2 is 1.68 bits per heavy atom. The van der Waals surface area contributed by atoms with Crippen LogP contribution in [0.5, 0.6) is 17.2 Å². The van der Waals surface area contributed by atoms with E-state index < -0.39 is 10.0 Å². The number of hydrogen-bond donors (Lipinski definition) is 1. The maximum Gasteiger partial charge on any atom is 0.251 e. The molecule has 0 atom stereocenters. The van der Waals surface area contributed by atoms with Crippen molar-refractivity contribution in [2.75, 3.05) is 39.5 Å². The van der Waals surface area contributed by atoms with Gasteiger partial charge in [-0.2, -0.15) is 4.31 Å². The fourth-order valence-corrected chi connectivity index (χ4v) is 5.10. The Hall–Kier alpha value is -2.78. The first-order chi connectivity index (χ1) is 15.0. The predicted octanol–water partition coefficient (Wildman–Crippen LogP) is 2.44. The quantitative estimate of drug-likeness (QED) is 0.657. The molecule has 0 spiro atoms. The summed E-state index contributed by atoms with van der Waals surface area (Å²) in [6.07, 6.45) is 2.88. The molecule has 4 rings (SSSR count). The van der Waals surface area contributed by atoms with Gasteiger partial charge in [0.15, 0.2) is 11.5 Å². The van der Waals surface area contributed by atoms with E-state index in [-0.39, 0.29) is 17.4 Å². The number of ether oxygens (including phenoxy) is 3. The first kappa shape index (κ1) is 21.5. The lowest BCUT2D eigenvalue weighted by molar-refractivity contribution is 0.0945. The minimum absolute atomic E-state index is 0.233. The van der Waals surface area contributed by atoms with Crippen molar-refractivity contribution in [3.05, 3.63) is 48.0 Å². The number of amides is 1. The third kappa shape index (κ3) is 5.11. The molecule has 2 heterocycles. The van der Waals surface area contributed by atoms with Crippen molar-refractivity contribution in [3.63, 3.8) is 0 Å². The van der Waals surface area contributed by atoms with Gasteiger partial charge >= 0.3 is 0 Å². The molecule has 8 nitrogen and oxygen atoms in total. The minimum Gasteiger partial charge on any atom is -0.492 e. The highest BCUT2D eigenvalue weighted by atomic mass is 32.2. The topological polar surface area (TPSA) is 94.2 Å². The molecule has 9 heteroatoms. The fourth-order valence-electron chi connectivity index (χ4n) is 3.58. The summed E-state index contributed by atoms with van der Waals surface area (Å²) in [6, 6.07) is 11.5. The number of rotatable bonds is 7. The maximum atomic E-state index is 12.7. The van der Waals surface area contributed by atoms with Gasteiger partial charge in [0, 0.05) is 18.7 Å². The normalized spacial score (nSPS) is 16.5. The summed E-state index contributed by atoms with van der Waals surface area (Å²) >= 11 is 0. The van der Waals surface area contributed by atoms with Crippen LogP contribution < -0.4 is 19.5 Å². The average molecular weight is 447 g/mol. The number of sulfonamides is 1. The van der Waals surface area contributed by atoms with E-state index in [4.69, 9.17) is 14.2 Å². The van der Waals surface area contributed by atoms with Gasteiger partial charge in [0.1, 0.15) is 25.6 Å². The average Bonchev–Trinajstić information content (AvgIpc) is 2.82. The van der Waals surface area contributed by atoms with E-state index in [0.717, 1.165) is 19.3 Å². The maximum absolute atomic E-state index is 12.7. The van der Waals surface area contributed by atoms with E-state index in [1.807, 2.05) is 0 Å². The van der Waals surface area contributed by atoms with Crippen molar-refractivity contribution in [3.8, 4) is 17.2 Å². The van der Waals surface area contributed by atoms with Crippen LogP contribution in [0, 0.1) is 0 Å². The van der Waals surface area contributed by atoms with Crippen molar-refractivity contribution in [2.45, 2.75) is 24.2 Å². The van der Waals surface area contributed by atoms with Gasteiger partial charge in [-0.3, -0.25) is 4.79 Å². The Balaban J connectivity index is 1.26. The molecule has 0 unspecified atom stereocenters. The predicted molar refractivity (Wildman–Crippen MR) is 114 cm³/mol. The van der Waals surface area contributed by atoms with Crippen LogP contribution in [0.4, 0.5) is 0 Å². The summed E-state index contributed by atoms with van der Waals surface area (Å²) in [5.41, 5.74) is 0.483. The fraction of sp³-hybridized carbons (Fsp3) is 0.409. The van der Waals surface area contributed by atoms with Gasteiger partial charge in [0.2, 0.25) is 10.0 Å². The SMILES string of the molecule is O=C(NCCOc1ccc(S(=O)(=O)N2CCCCC2)cc1)c1ccc2c(c1)OCCO2. The zero-order chi connectivity index (χ0) is 21.7. The molecule has 1 saturated heterocycles. The Morgan fingerprint density at radius 1 is 0.968 bits per heavy atom. The molecular formula is C22H26N2O6S. The van der Waals surface area contributed by atoms with Crippen molar-refractivity contribution < 1.29 is 27.4 Å². The number of fused-ring (bicyclic) bond motifs is 1. The van der Waals surface area contributed by atoms with Gasteiger partial charge in [-0.1, -0.05) is 6.42 Å². The Labute approximate surface area is 182 Å². The molecule has 2 aromatic rings. The first-order valence-electron chi connectivity index (χ1n) is 10.4. The van der Waals surface area contributed by atoms with E-state index in [9.17, 15) is 13.2 Å². The molecule has 2 aliphatic heterocycles.